The van der Waals surface area contributed by atoms with E-state index in [-0.39, 0.29) is 15.9 Å². The first-order chi connectivity index (χ1) is 17.4. The summed E-state index contributed by atoms with van der Waals surface area (Å²) in [6, 6.07) is 23.0. The SMILES string of the molecule is CC1=NN(c2ccc(F)cc2)C(=O)C1=Cc1c(O)n(-c2ccccc2)c(=S)n(-c2ccccc2)c1=O. The summed E-state index contributed by atoms with van der Waals surface area (Å²) in [4.78, 5) is 26.9. The average Bonchev–Trinajstić information content (AvgIpc) is 3.16. The molecule has 0 radical (unpaired) electrons. The van der Waals surface area contributed by atoms with Gasteiger partial charge in [-0.25, -0.2) is 4.39 Å². The van der Waals surface area contributed by atoms with Crippen LogP contribution in [0.25, 0.3) is 17.5 Å². The minimum atomic E-state index is -0.593. The predicted octanol–water partition coefficient (Wildman–Crippen LogP) is 5.01. The molecule has 1 aromatic heterocycles. The van der Waals surface area contributed by atoms with Crippen LogP contribution >= 0.6 is 12.2 Å². The number of hydrogen-bond donors (Lipinski definition) is 1. The zero-order valence-corrected chi connectivity index (χ0v) is 19.8. The van der Waals surface area contributed by atoms with Crippen molar-refractivity contribution in [1.82, 2.24) is 9.13 Å². The number of nitrogens with zero attached hydrogens (tertiary/aromatic N) is 4. The maximum absolute atomic E-state index is 13.7. The predicted molar refractivity (Wildman–Crippen MR) is 139 cm³/mol. The number of amides is 1. The lowest BCUT2D eigenvalue weighted by atomic mass is 10.1. The molecule has 4 aromatic rings. The van der Waals surface area contributed by atoms with Crippen LogP contribution in [0.1, 0.15) is 12.5 Å². The molecule has 7 nitrogen and oxygen atoms in total. The van der Waals surface area contributed by atoms with Crippen LogP contribution < -0.4 is 10.6 Å². The van der Waals surface area contributed by atoms with Crippen molar-refractivity contribution in [1.29, 1.82) is 0 Å². The number of aromatic hydroxyl groups is 1. The van der Waals surface area contributed by atoms with Gasteiger partial charge in [0.2, 0.25) is 5.88 Å². The van der Waals surface area contributed by atoms with E-state index in [1.807, 2.05) is 12.1 Å². The third-order valence-corrected chi connectivity index (χ3v) is 6.09. The third-order valence-electron chi connectivity index (χ3n) is 5.72. The Morgan fingerprint density at radius 1 is 0.833 bits per heavy atom. The Kier molecular flexibility index (Phi) is 5.91. The zero-order valence-electron chi connectivity index (χ0n) is 19.0. The molecular formula is C27H19FN4O3S. The van der Waals surface area contributed by atoms with Gasteiger partial charge in [-0.05, 0) is 73.7 Å². The van der Waals surface area contributed by atoms with Crippen molar-refractivity contribution >= 4 is 35.6 Å². The van der Waals surface area contributed by atoms with E-state index in [1.165, 1.54) is 39.5 Å². The van der Waals surface area contributed by atoms with Crippen molar-refractivity contribution in [3.63, 3.8) is 0 Å². The largest absolute Gasteiger partial charge is 0.494 e. The van der Waals surface area contributed by atoms with Gasteiger partial charge in [-0.3, -0.25) is 18.7 Å². The van der Waals surface area contributed by atoms with Gasteiger partial charge in [0.1, 0.15) is 11.4 Å². The number of anilines is 1. The van der Waals surface area contributed by atoms with Crippen LogP contribution in [0.3, 0.4) is 0 Å². The summed E-state index contributed by atoms with van der Waals surface area (Å²) in [5, 5.41) is 16.7. The van der Waals surface area contributed by atoms with Gasteiger partial charge in [0.15, 0.2) is 4.77 Å². The van der Waals surface area contributed by atoms with E-state index >= 15 is 0 Å². The molecule has 178 valence electrons. The smallest absolute Gasteiger partial charge is 0.280 e. The Hall–Kier alpha value is -4.63. The fraction of sp³-hybridized carbons (Fsp3) is 0.0370. The van der Waals surface area contributed by atoms with Gasteiger partial charge >= 0.3 is 0 Å². The Labute approximate surface area is 210 Å². The maximum atomic E-state index is 13.7. The Morgan fingerprint density at radius 3 is 1.97 bits per heavy atom. The van der Waals surface area contributed by atoms with Crippen molar-refractivity contribution in [2.45, 2.75) is 6.92 Å². The molecule has 36 heavy (non-hydrogen) atoms. The number of aromatic nitrogens is 2. The average molecular weight is 499 g/mol. The number of hydrogen-bond acceptors (Lipinski definition) is 5. The van der Waals surface area contributed by atoms with E-state index in [0.29, 0.717) is 22.8 Å². The molecule has 5 rings (SSSR count). The Bertz CT molecular complexity index is 1660. The molecule has 1 amide bonds. The molecule has 0 saturated heterocycles. The summed E-state index contributed by atoms with van der Waals surface area (Å²) in [6.45, 7) is 1.62. The van der Waals surface area contributed by atoms with Crippen molar-refractivity contribution in [2.75, 3.05) is 5.01 Å². The molecule has 1 aliphatic rings. The standard InChI is InChI=1S/C27H19FN4O3S/c1-17-22(26(35)32(29-17)21-14-12-18(28)13-15-21)16-23-24(33)30(19-8-4-2-5-9-19)27(36)31(25(23)34)20-10-6-3-7-11-20/h2-16,33H,1H3. The van der Waals surface area contributed by atoms with Gasteiger partial charge in [-0.2, -0.15) is 10.1 Å². The monoisotopic (exact) mass is 498 g/mol. The lowest BCUT2D eigenvalue weighted by Gasteiger charge is -2.17. The van der Waals surface area contributed by atoms with Crippen LogP contribution in [0.2, 0.25) is 0 Å². The van der Waals surface area contributed by atoms with Crippen molar-refractivity contribution in [2.24, 2.45) is 5.10 Å². The molecule has 0 saturated carbocycles. The first kappa shape index (κ1) is 23.1. The summed E-state index contributed by atoms with van der Waals surface area (Å²) >= 11 is 5.63. The lowest BCUT2D eigenvalue weighted by molar-refractivity contribution is -0.114. The van der Waals surface area contributed by atoms with Crippen molar-refractivity contribution < 1.29 is 14.3 Å². The van der Waals surface area contributed by atoms with Crippen LogP contribution in [-0.2, 0) is 4.79 Å². The number of rotatable bonds is 4. The molecule has 0 fully saturated rings. The summed E-state index contributed by atoms with van der Waals surface area (Å²) in [5.41, 5.74) is 1.15. The molecule has 0 aliphatic carbocycles. The van der Waals surface area contributed by atoms with E-state index in [2.05, 4.69) is 5.10 Å². The first-order valence-electron chi connectivity index (χ1n) is 11.0. The molecule has 1 aliphatic heterocycles. The first-order valence-corrected chi connectivity index (χ1v) is 11.4. The van der Waals surface area contributed by atoms with E-state index < -0.39 is 23.2 Å². The molecule has 9 heteroatoms. The number of hydrazone groups is 1. The molecule has 1 N–H and O–H groups in total. The number of para-hydroxylation sites is 2. The maximum Gasteiger partial charge on any atom is 0.280 e. The van der Waals surface area contributed by atoms with Crippen molar-refractivity contribution in [3.8, 4) is 17.3 Å². The molecule has 2 heterocycles. The van der Waals surface area contributed by atoms with Crippen LogP contribution in [0.5, 0.6) is 5.88 Å². The van der Waals surface area contributed by atoms with Crippen LogP contribution in [0.15, 0.2) is 100 Å². The number of carbonyl (C=O) groups is 1. The molecule has 0 atom stereocenters. The molecule has 0 spiro atoms. The highest BCUT2D eigenvalue weighted by Gasteiger charge is 2.30. The topological polar surface area (TPSA) is 79.8 Å². The minimum Gasteiger partial charge on any atom is -0.494 e. The van der Waals surface area contributed by atoms with E-state index in [9.17, 15) is 19.1 Å². The summed E-state index contributed by atoms with van der Waals surface area (Å²) in [7, 11) is 0. The highest BCUT2D eigenvalue weighted by Crippen LogP contribution is 2.28. The number of halogens is 1. The van der Waals surface area contributed by atoms with Gasteiger partial charge in [0, 0.05) is 0 Å². The van der Waals surface area contributed by atoms with Gasteiger partial charge in [0.05, 0.1) is 28.3 Å². The van der Waals surface area contributed by atoms with Gasteiger partial charge in [-0.15, -0.1) is 0 Å². The zero-order chi connectivity index (χ0) is 25.4. The molecule has 3 aromatic carbocycles. The fourth-order valence-electron chi connectivity index (χ4n) is 3.94. The Morgan fingerprint density at radius 2 is 1.39 bits per heavy atom. The number of carbonyl (C=O) groups excluding carboxylic acids is 1. The van der Waals surface area contributed by atoms with Crippen LogP contribution in [0.4, 0.5) is 10.1 Å². The quantitative estimate of drug-likeness (QED) is 0.317. The lowest BCUT2D eigenvalue weighted by Crippen LogP contribution is -2.26. The fourth-order valence-corrected chi connectivity index (χ4v) is 4.32. The highest BCUT2D eigenvalue weighted by atomic mass is 32.1. The molecule has 0 unspecified atom stereocenters. The second-order valence-corrected chi connectivity index (χ2v) is 8.37. The van der Waals surface area contributed by atoms with E-state index in [0.717, 1.165) is 5.01 Å². The van der Waals surface area contributed by atoms with Gasteiger partial charge in [0.25, 0.3) is 11.5 Å². The second-order valence-electron chi connectivity index (χ2n) is 8.00. The normalized spacial score (nSPS) is 14.4. The van der Waals surface area contributed by atoms with Crippen LogP contribution in [0, 0.1) is 10.6 Å². The van der Waals surface area contributed by atoms with Gasteiger partial charge in [-0.1, -0.05) is 36.4 Å². The summed E-state index contributed by atoms with van der Waals surface area (Å²) in [5.74, 6) is -1.36. The summed E-state index contributed by atoms with van der Waals surface area (Å²) in [6.07, 6.45) is 1.32. The third kappa shape index (κ3) is 3.95. The van der Waals surface area contributed by atoms with E-state index in [1.54, 1.807) is 55.5 Å². The highest BCUT2D eigenvalue weighted by molar-refractivity contribution is 7.71. The second kappa shape index (κ2) is 9.20. The molecule has 0 bridgehead atoms. The molecular weight excluding hydrogens is 479 g/mol. The van der Waals surface area contributed by atoms with Crippen molar-refractivity contribution in [3.05, 3.63) is 117 Å². The number of benzene rings is 3. The Balaban J connectivity index is 1.73. The van der Waals surface area contributed by atoms with E-state index in [4.69, 9.17) is 12.2 Å². The summed E-state index contributed by atoms with van der Waals surface area (Å²) < 4.78 is 16.1. The minimum absolute atomic E-state index is 0.0631. The van der Waals surface area contributed by atoms with Gasteiger partial charge < -0.3 is 5.11 Å². The van der Waals surface area contributed by atoms with Crippen LogP contribution in [-0.4, -0.2) is 25.9 Å².